The first-order valence-electron chi connectivity index (χ1n) is 12.1. The molecule has 1 N–H and O–H groups in total. The van der Waals surface area contributed by atoms with Crippen LogP contribution in [0.1, 0.15) is 110 Å². The summed E-state index contributed by atoms with van der Waals surface area (Å²) in [7, 11) is 0. The van der Waals surface area contributed by atoms with Crippen molar-refractivity contribution in [1.82, 2.24) is 4.98 Å². The van der Waals surface area contributed by atoms with E-state index in [1.807, 2.05) is 0 Å². The second kappa shape index (κ2) is 17.4. The van der Waals surface area contributed by atoms with E-state index in [2.05, 4.69) is 17.2 Å². The number of nitrogens with one attached hydrogen (secondary N) is 1. The van der Waals surface area contributed by atoms with E-state index in [-0.39, 0.29) is 17.2 Å². The fourth-order valence-electron chi connectivity index (χ4n) is 3.70. The normalized spacial score (nSPS) is 10.9. The fraction of sp³-hybridized carbons (Fsp3) is 0.783. The molecule has 8 heteroatoms. The molecule has 0 bridgehead atoms. The Morgan fingerprint density at radius 2 is 1.19 bits per heavy atom. The molecule has 0 atom stereocenters. The summed E-state index contributed by atoms with van der Waals surface area (Å²) in [5.74, 6) is 0.0940. The van der Waals surface area contributed by atoms with Crippen molar-refractivity contribution in [2.45, 2.75) is 110 Å². The van der Waals surface area contributed by atoms with E-state index in [9.17, 15) is 20.2 Å². The number of unbranched alkanes of at least 4 members (excludes halogenated alkanes) is 15. The third kappa shape index (κ3) is 12.9. The molecular formula is C23H40N4O4. The number of rotatable bonds is 20. The summed E-state index contributed by atoms with van der Waals surface area (Å²) >= 11 is 0. The molecule has 1 aromatic heterocycles. The van der Waals surface area contributed by atoms with Gasteiger partial charge in [0.1, 0.15) is 6.20 Å². The van der Waals surface area contributed by atoms with Crippen LogP contribution in [0.15, 0.2) is 12.3 Å². The molecule has 0 fully saturated rings. The Labute approximate surface area is 186 Å². The van der Waals surface area contributed by atoms with E-state index < -0.39 is 9.85 Å². The third-order valence-corrected chi connectivity index (χ3v) is 5.58. The predicted molar refractivity (Wildman–Crippen MR) is 126 cm³/mol. The maximum atomic E-state index is 11.1. The Balaban J connectivity index is 1.97. The first-order chi connectivity index (χ1) is 15.1. The Kier molecular flexibility index (Phi) is 15.1. The SMILES string of the molecule is CCCCCCCCCCCCCCCCCCNc1ncc([N+](=O)[O-])cc1[N+](=O)[O-]. The minimum atomic E-state index is -0.681. The zero-order valence-corrected chi connectivity index (χ0v) is 19.2. The van der Waals surface area contributed by atoms with Crippen molar-refractivity contribution in [2.24, 2.45) is 0 Å². The van der Waals surface area contributed by atoms with Gasteiger partial charge in [0.2, 0.25) is 5.82 Å². The highest BCUT2D eigenvalue weighted by atomic mass is 16.6. The molecule has 1 rings (SSSR count). The van der Waals surface area contributed by atoms with Crippen LogP contribution >= 0.6 is 0 Å². The van der Waals surface area contributed by atoms with Crippen LogP contribution < -0.4 is 5.32 Å². The summed E-state index contributed by atoms with van der Waals surface area (Å²) in [6.45, 7) is 2.83. The van der Waals surface area contributed by atoms with Crippen molar-refractivity contribution in [1.29, 1.82) is 0 Å². The van der Waals surface area contributed by atoms with Gasteiger partial charge in [-0.25, -0.2) is 4.98 Å². The first kappa shape index (κ1) is 26.8. The molecule has 0 aliphatic carbocycles. The average molecular weight is 437 g/mol. The summed E-state index contributed by atoms with van der Waals surface area (Å²) in [5.41, 5.74) is -0.731. The monoisotopic (exact) mass is 436 g/mol. The standard InChI is InChI=1S/C23H40N4O4/c1-2-3-4-5-6-7-8-9-10-11-12-13-14-15-16-17-18-24-23-22(27(30)31)19-21(20-25-23)26(28)29/h19-20H,2-18H2,1H3,(H,24,25). The van der Waals surface area contributed by atoms with E-state index in [1.165, 1.54) is 83.5 Å². The fourth-order valence-corrected chi connectivity index (χ4v) is 3.70. The summed E-state index contributed by atoms with van der Waals surface area (Å²) < 4.78 is 0. The molecule has 0 saturated carbocycles. The van der Waals surface area contributed by atoms with Gasteiger partial charge in [-0.15, -0.1) is 0 Å². The Hall–Kier alpha value is -2.25. The number of hydrogen-bond acceptors (Lipinski definition) is 6. The van der Waals surface area contributed by atoms with Gasteiger partial charge in [0.25, 0.3) is 5.69 Å². The lowest BCUT2D eigenvalue weighted by Gasteiger charge is -2.06. The Morgan fingerprint density at radius 1 is 0.742 bits per heavy atom. The minimum Gasteiger partial charge on any atom is -0.364 e. The van der Waals surface area contributed by atoms with E-state index >= 15 is 0 Å². The molecular weight excluding hydrogens is 396 g/mol. The van der Waals surface area contributed by atoms with E-state index in [1.54, 1.807) is 0 Å². The first-order valence-corrected chi connectivity index (χ1v) is 12.1. The van der Waals surface area contributed by atoms with Crippen LogP contribution in [-0.4, -0.2) is 21.4 Å². The molecule has 0 amide bonds. The highest BCUT2D eigenvalue weighted by molar-refractivity contribution is 5.59. The number of nitrogens with zero attached hydrogens (tertiary/aromatic N) is 3. The molecule has 0 spiro atoms. The molecule has 0 unspecified atom stereocenters. The van der Waals surface area contributed by atoms with Gasteiger partial charge in [-0.2, -0.15) is 0 Å². The molecule has 0 aliphatic heterocycles. The zero-order valence-electron chi connectivity index (χ0n) is 19.2. The summed E-state index contributed by atoms with van der Waals surface area (Å²) in [4.78, 5) is 24.3. The van der Waals surface area contributed by atoms with Crippen LogP contribution in [0, 0.1) is 20.2 Å². The molecule has 0 aliphatic rings. The maximum absolute atomic E-state index is 11.1. The number of hydrogen-bond donors (Lipinski definition) is 1. The Bertz CT molecular complexity index is 640. The van der Waals surface area contributed by atoms with Crippen molar-refractivity contribution >= 4 is 17.2 Å². The number of anilines is 1. The summed E-state index contributed by atoms with van der Waals surface area (Å²) in [6, 6.07) is 0.947. The largest absolute Gasteiger partial charge is 0.364 e. The van der Waals surface area contributed by atoms with Crippen molar-refractivity contribution in [2.75, 3.05) is 11.9 Å². The third-order valence-electron chi connectivity index (χ3n) is 5.58. The van der Waals surface area contributed by atoms with Gasteiger partial charge in [0.05, 0.1) is 15.9 Å². The van der Waals surface area contributed by atoms with E-state index in [0.717, 1.165) is 31.5 Å². The molecule has 0 radical (unpaired) electrons. The molecule has 0 saturated heterocycles. The van der Waals surface area contributed by atoms with Crippen LogP contribution in [0.4, 0.5) is 17.2 Å². The van der Waals surface area contributed by atoms with Gasteiger partial charge in [0.15, 0.2) is 0 Å². The average Bonchev–Trinajstić information content (AvgIpc) is 2.75. The number of nitro groups is 2. The van der Waals surface area contributed by atoms with Crippen LogP contribution in [0.3, 0.4) is 0 Å². The van der Waals surface area contributed by atoms with Crippen molar-refractivity contribution < 1.29 is 9.85 Å². The molecule has 176 valence electrons. The summed E-state index contributed by atoms with van der Waals surface area (Å²) in [6.07, 6.45) is 21.8. The highest BCUT2D eigenvalue weighted by Crippen LogP contribution is 2.26. The maximum Gasteiger partial charge on any atom is 0.318 e. The van der Waals surface area contributed by atoms with Crippen molar-refractivity contribution in [3.63, 3.8) is 0 Å². The van der Waals surface area contributed by atoms with E-state index in [0.29, 0.717) is 6.54 Å². The molecule has 31 heavy (non-hydrogen) atoms. The molecule has 8 nitrogen and oxygen atoms in total. The van der Waals surface area contributed by atoms with Gasteiger partial charge in [-0.3, -0.25) is 20.2 Å². The molecule has 0 aromatic carbocycles. The number of pyridine rings is 1. The predicted octanol–water partition coefficient (Wildman–Crippen LogP) is 7.57. The Morgan fingerprint density at radius 3 is 1.61 bits per heavy atom. The van der Waals surface area contributed by atoms with Gasteiger partial charge < -0.3 is 5.32 Å². The lowest BCUT2D eigenvalue weighted by atomic mass is 10.0. The van der Waals surface area contributed by atoms with E-state index in [4.69, 9.17) is 0 Å². The molecule has 1 heterocycles. The van der Waals surface area contributed by atoms with Crippen molar-refractivity contribution in [3.8, 4) is 0 Å². The second-order valence-corrected chi connectivity index (χ2v) is 8.31. The van der Waals surface area contributed by atoms with Crippen LogP contribution in [-0.2, 0) is 0 Å². The van der Waals surface area contributed by atoms with Gasteiger partial charge in [-0.1, -0.05) is 103 Å². The summed E-state index contributed by atoms with van der Waals surface area (Å²) in [5, 5.41) is 24.8. The van der Waals surface area contributed by atoms with Gasteiger partial charge >= 0.3 is 5.69 Å². The highest BCUT2D eigenvalue weighted by Gasteiger charge is 2.20. The van der Waals surface area contributed by atoms with Crippen LogP contribution in [0.2, 0.25) is 0 Å². The van der Waals surface area contributed by atoms with Crippen LogP contribution in [0.5, 0.6) is 0 Å². The lowest BCUT2D eigenvalue weighted by molar-refractivity contribution is -0.394. The van der Waals surface area contributed by atoms with Gasteiger partial charge in [0, 0.05) is 6.54 Å². The zero-order chi connectivity index (χ0) is 22.7. The topological polar surface area (TPSA) is 111 Å². The minimum absolute atomic E-state index is 0.0940. The smallest absolute Gasteiger partial charge is 0.318 e. The van der Waals surface area contributed by atoms with Crippen LogP contribution in [0.25, 0.3) is 0 Å². The molecule has 1 aromatic rings. The van der Waals surface area contributed by atoms with Gasteiger partial charge in [-0.05, 0) is 6.42 Å². The second-order valence-electron chi connectivity index (χ2n) is 8.31. The lowest BCUT2D eigenvalue weighted by Crippen LogP contribution is -2.07. The number of aromatic nitrogens is 1. The van der Waals surface area contributed by atoms with Crippen molar-refractivity contribution in [3.05, 3.63) is 32.5 Å². The quantitative estimate of drug-likeness (QED) is 0.128.